The van der Waals surface area contributed by atoms with Crippen LogP contribution in [-0.4, -0.2) is 30.9 Å². The van der Waals surface area contributed by atoms with Gasteiger partial charge in [0.25, 0.3) is 0 Å². The average molecular weight is 358 g/mol. The van der Waals surface area contributed by atoms with Crippen molar-refractivity contribution in [1.82, 2.24) is 0 Å². The van der Waals surface area contributed by atoms with Crippen LogP contribution < -0.4 is 14.2 Å². The first-order chi connectivity index (χ1) is 12.4. The van der Waals surface area contributed by atoms with Gasteiger partial charge in [-0.25, -0.2) is 4.79 Å². The second kappa shape index (κ2) is 9.13. The van der Waals surface area contributed by atoms with Crippen molar-refractivity contribution in [3.8, 4) is 17.2 Å². The maximum atomic E-state index is 11.1. The Labute approximate surface area is 154 Å². The zero-order chi connectivity index (χ0) is 19.1. The minimum absolute atomic E-state index is 0.165. The molecule has 0 atom stereocenters. The summed E-state index contributed by atoms with van der Waals surface area (Å²) in [5, 5.41) is 9.09. The first-order valence-electron chi connectivity index (χ1n) is 8.78. The van der Waals surface area contributed by atoms with Gasteiger partial charge in [-0.3, -0.25) is 0 Å². The van der Waals surface area contributed by atoms with Crippen molar-refractivity contribution in [1.29, 1.82) is 0 Å². The van der Waals surface area contributed by atoms with Crippen molar-refractivity contribution in [3.05, 3.63) is 53.1 Å². The van der Waals surface area contributed by atoms with Crippen molar-refractivity contribution in [2.45, 2.75) is 33.6 Å². The number of hydrogen-bond acceptors (Lipinski definition) is 4. The van der Waals surface area contributed by atoms with Crippen molar-refractivity contribution in [2.24, 2.45) is 0 Å². The minimum Gasteiger partial charge on any atom is -0.490 e. The predicted octanol–water partition coefficient (Wildman–Crippen LogP) is 4.67. The van der Waals surface area contributed by atoms with Crippen LogP contribution in [0.15, 0.2) is 36.4 Å². The second-order valence-corrected chi connectivity index (χ2v) is 6.29. The van der Waals surface area contributed by atoms with Gasteiger partial charge < -0.3 is 19.3 Å². The third-order valence-corrected chi connectivity index (χ3v) is 3.88. The first kappa shape index (κ1) is 19.6. The molecule has 0 saturated carbocycles. The first-order valence-corrected chi connectivity index (χ1v) is 8.78. The molecule has 1 N–H and O–H groups in total. The summed E-state index contributed by atoms with van der Waals surface area (Å²) < 4.78 is 17.1. The third kappa shape index (κ3) is 5.15. The monoisotopic (exact) mass is 358 g/mol. The van der Waals surface area contributed by atoms with Gasteiger partial charge in [-0.2, -0.15) is 0 Å². The molecule has 0 aliphatic carbocycles. The van der Waals surface area contributed by atoms with Crippen molar-refractivity contribution in [2.75, 3.05) is 19.8 Å². The highest BCUT2D eigenvalue weighted by Gasteiger charge is 2.11. The molecule has 5 heteroatoms. The summed E-state index contributed by atoms with van der Waals surface area (Å²) in [6, 6.07) is 10.8. The highest BCUT2D eigenvalue weighted by Crippen LogP contribution is 2.29. The predicted molar refractivity (Wildman–Crippen MR) is 101 cm³/mol. The van der Waals surface area contributed by atoms with E-state index in [1.165, 1.54) is 12.1 Å². The molecule has 0 amide bonds. The van der Waals surface area contributed by atoms with Crippen LogP contribution in [0.1, 0.15) is 48.2 Å². The summed E-state index contributed by atoms with van der Waals surface area (Å²) in [5.41, 5.74) is 2.48. The minimum atomic E-state index is -0.999. The molecule has 0 radical (unpaired) electrons. The van der Waals surface area contributed by atoms with Crippen molar-refractivity contribution < 1.29 is 24.1 Å². The zero-order valence-electron chi connectivity index (χ0n) is 15.7. The van der Waals surface area contributed by atoms with Gasteiger partial charge in [0, 0.05) is 0 Å². The summed E-state index contributed by atoms with van der Waals surface area (Å²) in [6.07, 6.45) is 0. The van der Waals surface area contributed by atoms with Crippen LogP contribution in [-0.2, 0) is 0 Å². The average Bonchev–Trinajstić information content (AvgIpc) is 2.59. The molecule has 0 spiro atoms. The largest absolute Gasteiger partial charge is 0.490 e. The van der Waals surface area contributed by atoms with E-state index in [1.807, 2.05) is 19.9 Å². The van der Waals surface area contributed by atoms with E-state index in [2.05, 4.69) is 26.0 Å². The maximum Gasteiger partial charge on any atom is 0.335 e. The van der Waals surface area contributed by atoms with E-state index in [1.54, 1.807) is 6.07 Å². The molecular formula is C21H26O5. The third-order valence-electron chi connectivity index (χ3n) is 3.88. The normalized spacial score (nSPS) is 10.7. The lowest BCUT2D eigenvalue weighted by Gasteiger charge is -2.16. The van der Waals surface area contributed by atoms with Gasteiger partial charge in [0.15, 0.2) is 11.5 Å². The molecule has 0 aromatic heterocycles. The molecule has 0 saturated heterocycles. The Kier molecular flexibility index (Phi) is 6.89. The van der Waals surface area contributed by atoms with E-state index < -0.39 is 5.97 Å². The molecule has 0 aliphatic rings. The molecule has 0 aliphatic heterocycles. The number of ether oxygens (including phenoxy) is 3. The molecule has 0 fully saturated rings. The number of rotatable bonds is 9. The highest BCUT2D eigenvalue weighted by atomic mass is 16.5. The van der Waals surface area contributed by atoms with Gasteiger partial charge in [0.1, 0.15) is 19.0 Å². The smallest absolute Gasteiger partial charge is 0.335 e. The van der Waals surface area contributed by atoms with Crippen LogP contribution in [0.2, 0.25) is 0 Å². The number of carbonyl (C=O) groups is 1. The van der Waals surface area contributed by atoms with E-state index in [0.717, 1.165) is 16.9 Å². The maximum absolute atomic E-state index is 11.1. The summed E-state index contributed by atoms with van der Waals surface area (Å²) in [4.78, 5) is 11.1. The van der Waals surface area contributed by atoms with Crippen LogP contribution in [0, 0.1) is 6.92 Å². The number of hydrogen-bond donors (Lipinski definition) is 1. The fourth-order valence-electron chi connectivity index (χ4n) is 2.58. The standard InChI is InChI=1S/C21H26O5/c1-5-24-20-13-16(21(22)23)7-9-18(20)25-10-11-26-19-12-15(4)6-8-17(19)14(2)3/h6-9,12-14H,5,10-11H2,1-4H3,(H,22,23). The molecular weight excluding hydrogens is 332 g/mol. The second-order valence-electron chi connectivity index (χ2n) is 6.29. The Morgan fingerprint density at radius 3 is 2.27 bits per heavy atom. The van der Waals surface area contributed by atoms with Gasteiger partial charge in [0.2, 0.25) is 0 Å². The lowest BCUT2D eigenvalue weighted by molar-refractivity contribution is 0.0696. The lowest BCUT2D eigenvalue weighted by atomic mass is 10.0. The van der Waals surface area contributed by atoms with E-state index in [9.17, 15) is 4.79 Å². The SMILES string of the molecule is CCOc1cc(C(=O)O)ccc1OCCOc1cc(C)ccc1C(C)C. The van der Waals surface area contributed by atoms with Gasteiger partial charge in [-0.05, 0) is 55.2 Å². The molecule has 0 unspecified atom stereocenters. The summed E-state index contributed by atoms with van der Waals surface area (Å²) in [5.74, 6) is 1.18. The van der Waals surface area contributed by atoms with Gasteiger partial charge in [-0.15, -0.1) is 0 Å². The zero-order valence-corrected chi connectivity index (χ0v) is 15.7. The molecule has 2 aromatic rings. The van der Waals surface area contributed by atoms with E-state index in [4.69, 9.17) is 19.3 Å². The fourth-order valence-corrected chi connectivity index (χ4v) is 2.58. The molecule has 0 heterocycles. The summed E-state index contributed by atoms with van der Waals surface area (Å²) >= 11 is 0. The van der Waals surface area contributed by atoms with Crippen molar-refractivity contribution >= 4 is 5.97 Å². The molecule has 2 rings (SSSR count). The summed E-state index contributed by atoms with van der Waals surface area (Å²) in [6.45, 7) is 9.28. The van der Waals surface area contributed by atoms with Gasteiger partial charge in [0.05, 0.1) is 12.2 Å². The fraction of sp³-hybridized carbons (Fsp3) is 0.381. The number of carboxylic acids is 1. The Bertz CT molecular complexity index is 752. The van der Waals surface area contributed by atoms with E-state index in [-0.39, 0.29) is 5.56 Å². The van der Waals surface area contributed by atoms with Crippen LogP contribution in [0.3, 0.4) is 0 Å². The molecule has 5 nitrogen and oxygen atoms in total. The molecule has 140 valence electrons. The van der Waals surface area contributed by atoms with Crippen LogP contribution in [0.4, 0.5) is 0 Å². The number of aryl methyl sites for hydroxylation is 1. The van der Waals surface area contributed by atoms with Crippen LogP contribution >= 0.6 is 0 Å². The Morgan fingerprint density at radius 2 is 1.65 bits per heavy atom. The number of aromatic carboxylic acids is 1. The van der Waals surface area contributed by atoms with Crippen LogP contribution in [0.5, 0.6) is 17.2 Å². The Balaban J connectivity index is 2.00. The lowest BCUT2D eigenvalue weighted by Crippen LogP contribution is -2.11. The summed E-state index contributed by atoms with van der Waals surface area (Å²) in [7, 11) is 0. The van der Waals surface area contributed by atoms with E-state index >= 15 is 0 Å². The topological polar surface area (TPSA) is 65.0 Å². The van der Waals surface area contributed by atoms with Gasteiger partial charge >= 0.3 is 5.97 Å². The van der Waals surface area contributed by atoms with Gasteiger partial charge in [-0.1, -0.05) is 26.0 Å². The number of benzene rings is 2. The quantitative estimate of drug-likeness (QED) is 0.660. The number of carboxylic acid groups (broad SMARTS) is 1. The Hall–Kier alpha value is -2.69. The molecule has 26 heavy (non-hydrogen) atoms. The highest BCUT2D eigenvalue weighted by molar-refractivity contribution is 5.88. The van der Waals surface area contributed by atoms with E-state index in [0.29, 0.717) is 37.2 Å². The van der Waals surface area contributed by atoms with Crippen molar-refractivity contribution in [3.63, 3.8) is 0 Å². The Morgan fingerprint density at radius 1 is 0.962 bits per heavy atom. The molecule has 2 aromatic carbocycles. The van der Waals surface area contributed by atoms with Crippen LogP contribution in [0.25, 0.3) is 0 Å². The molecule has 0 bridgehead atoms.